The van der Waals surface area contributed by atoms with Crippen LogP contribution in [0.25, 0.3) is 0 Å². The van der Waals surface area contributed by atoms with Gasteiger partial charge in [-0.3, -0.25) is 10.1 Å². The molecule has 1 fully saturated rings. The fraction of sp³-hybridized carbons (Fsp3) is 0.600. The maximum atomic E-state index is 12.2. The molecule has 0 saturated carbocycles. The van der Waals surface area contributed by atoms with E-state index in [4.69, 9.17) is 4.42 Å². The largest absolute Gasteiger partial charge is 0.463 e. The number of esters is 1. The quantitative estimate of drug-likeness (QED) is 0.834. The summed E-state index contributed by atoms with van der Waals surface area (Å²) < 4.78 is 9.93. The zero-order chi connectivity index (χ0) is 15.2. The van der Waals surface area contributed by atoms with Crippen LogP contribution in [-0.4, -0.2) is 43.0 Å². The zero-order valence-electron chi connectivity index (χ0n) is 12.6. The number of hydrogen-bond donors (Lipinski definition) is 1. The molecule has 1 unspecified atom stereocenters. The van der Waals surface area contributed by atoms with E-state index in [1.54, 1.807) is 12.1 Å². The van der Waals surface area contributed by atoms with Crippen molar-refractivity contribution in [1.82, 2.24) is 10.2 Å². The van der Waals surface area contributed by atoms with Gasteiger partial charge in [-0.25, -0.2) is 4.79 Å². The van der Waals surface area contributed by atoms with Gasteiger partial charge in [-0.15, -0.1) is 0 Å². The molecule has 1 aromatic heterocycles. The highest BCUT2D eigenvalue weighted by atomic mass is 16.5. The Kier molecular flexibility index (Phi) is 5.38. The molecule has 1 aliphatic heterocycles. The minimum atomic E-state index is -0.501. The second-order valence-corrected chi connectivity index (χ2v) is 5.25. The minimum Gasteiger partial charge on any atom is -0.463 e. The van der Waals surface area contributed by atoms with E-state index in [0.717, 1.165) is 25.9 Å². The van der Waals surface area contributed by atoms with E-state index in [-0.39, 0.29) is 17.7 Å². The number of likely N-dealkylation sites (tertiary alicyclic amines) is 1. The number of carbonyl (C=O) groups excluding carboxylic acids is 2. The highest BCUT2D eigenvalue weighted by Gasteiger charge is 2.22. The summed E-state index contributed by atoms with van der Waals surface area (Å²) in [5.74, 6) is 0.395. The van der Waals surface area contributed by atoms with Crippen LogP contribution in [0.15, 0.2) is 16.5 Å². The topological polar surface area (TPSA) is 71.8 Å². The van der Waals surface area contributed by atoms with Crippen LogP contribution in [0, 0.1) is 0 Å². The molecule has 1 N–H and O–H groups in total. The first kappa shape index (κ1) is 15.6. The van der Waals surface area contributed by atoms with Crippen LogP contribution in [0.1, 0.15) is 42.5 Å². The number of ether oxygens (including phenoxy) is 1. The van der Waals surface area contributed by atoms with Gasteiger partial charge in [0.25, 0.3) is 0 Å². The minimum absolute atomic E-state index is 0.120. The highest BCUT2D eigenvalue weighted by molar-refractivity contribution is 5.86. The number of methoxy groups -OCH3 is 1. The summed E-state index contributed by atoms with van der Waals surface area (Å²) in [5.41, 5.74) is 0. The van der Waals surface area contributed by atoms with Crippen LogP contribution < -0.4 is 5.32 Å². The highest BCUT2D eigenvalue weighted by Crippen LogP contribution is 2.11. The van der Waals surface area contributed by atoms with Crippen molar-refractivity contribution in [3.05, 3.63) is 23.7 Å². The van der Waals surface area contributed by atoms with Gasteiger partial charge >= 0.3 is 5.97 Å². The molecule has 6 heteroatoms. The average molecular weight is 294 g/mol. The number of nitrogens with zero attached hydrogens (tertiary/aromatic N) is 1. The van der Waals surface area contributed by atoms with Crippen molar-refractivity contribution in [3.8, 4) is 0 Å². The third-order valence-corrected chi connectivity index (χ3v) is 3.67. The van der Waals surface area contributed by atoms with Crippen molar-refractivity contribution in [2.75, 3.05) is 20.2 Å². The molecule has 116 valence electrons. The van der Waals surface area contributed by atoms with Crippen molar-refractivity contribution in [1.29, 1.82) is 0 Å². The van der Waals surface area contributed by atoms with E-state index < -0.39 is 5.97 Å². The normalized spacial score (nSPS) is 16.6. The molecule has 1 amide bonds. The number of amides is 1. The van der Waals surface area contributed by atoms with Crippen LogP contribution >= 0.6 is 0 Å². The number of nitrogens with one attached hydrogen (secondary N) is 1. The van der Waals surface area contributed by atoms with E-state index >= 15 is 0 Å². The smallest absolute Gasteiger partial charge is 0.373 e. The van der Waals surface area contributed by atoms with Crippen molar-refractivity contribution in [3.63, 3.8) is 0 Å². The summed E-state index contributed by atoms with van der Waals surface area (Å²) in [7, 11) is 1.31. The summed E-state index contributed by atoms with van der Waals surface area (Å²) >= 11 is 0. The Balaban J connectivity index is 1.82. The van der Waals surface area contributed by atoms with Crippen LogP contribution in [0.4, 0.5) is 0 Å². The van der Waals surface area contributed by atoms with Crippen LogP contribution in [0.5, 0.6) is 0 Å². The number of hydrogen-bond acceptors (Lipinski definition) is 5. The van der Waals surface area contributed by atoms with Crippen LogP contribution in [0.2, 0.25) is 0 Å². The molecule has 1 aromatic rings. The van der Waals surface area contributed by atoms with Crippen molar-refractivity contribution >= 4 is 11.9 Å². The molecule has 1 aliphatic rings. The van der Waals surface area contributed by atoms with Gasteiger partial charge in [-0.2, -0.15) is 0 Å². The lowest BCUT2D eigenvalue weighted by Crippen LogP contribution is -2.46. The molecule has 0 bridgehead atoms. The zero-order valence-corrected chi connectivity index (χ0v) is 12.6. The second-order valence-electron chi connectivity index (χ2n) is 5.25. The Morgan fingerprint density at radius 1 is 1.33 bits per heavy atom. The van der Waals surface area contributed by atoms with Crippen LogP contribution in [0.3, 0.4) is 0 Å². The molecule has 21 heavy (non-hydrogen) atoms. The van der Waals surface area contributed by atoms with Gasteiger partial charge in [0.05, 0.1) is 19.7 Å². The van der Waals surface area contributed by atoms with Crippen molar-refractivity contribution < 1.29 is 18.7 Å². The summed E-state index contributed by atoms with van der Waals surface area (Å²) in [5, 5.41) is 3.13. The lowest BCUT2D eigenvalue weighted by atomic mass is 10.1. The predicted octanol–water partition coefficient (Wildman–Crippen LogP) is 1.56. The third kappa shape index (κ3) is 4.07. The summed E-state index contributed by atoms with van der Waals surface area (Å²) in [6.07, 6.45) is 3.37. The van der Waals surface area contributed by atoms with Gasteiger partial charge in [0.15, 0.2) is 0 Å². The lowest BCUT2D eigenvalue weighted by molar-refractivity contribution is -0.134. The Morgan fingerprint density at radius 3 is 2.71 bits per heavy atom. The standard InChI is InChI=1S/C15H22N2O4/c1-11(14(18)17-8-4-3-5-9-17)16-10-12-6-7-13(21-12)15(19)20-2/h6-7,11,16H,3-5,8-10H2,1-2H3. The van der Waals surface area contributed by atoms with Gasteiger partial charge in [-0.05, 0) is 38.3 Å². The molecule has 0 aromatic carbocycles. The van der Waals surface area contributed by atoms with E-state index in [1.807, 2.05) is 11.8 Å². The van der Waals surface area contributed by atoms with Gasteiger partial charge in [0.1, 0.15) is 5.76 Å². The van der Waals surface area contributed by atoms with E-state index in [9.17, 15) is 9.59 Å². The monoisotopic (exact) mass is 294 g/mol. The van der Waals surface area contributed by atoms with Gasteiger partial charge in [0, 0.05) is 13.1 Å². The Labute approximate surface area is 124 Å². The Bertz CT molecular complexity index is 492. The summed E-state index contributed by atoms with van der Waals surface area (Å²) in [6, 6.07) is 3.01. The molecule has 1 atom stereocenters. The number of furan rings is 1. The maximum absolute atomic E-state index is 12.2. The second kappa shape index (κ2) is 7.26. The fourth-order valence-corrected chi connectivity index (χ4v) is 2.41. The molecule has 6 nitrogen and oxygen atoms in total. The number of piperidine rings is 1. The molecule has 2 heterocycles. The van der Waals surface area contributed by atoms with Crippen molar-refractivity contribution in [2.45, 2.75) is 38.8 Å². The SMILES string of the molecule is COC(=O)c1ccc(CNC(C)C(=O)N2CCCCC2)o1. The first-order valence-electron chi connectivity index (χ1n) is 7.31. The van der Waals surface area contributed by atoms with Crippen molar-refractivity contribution in [2.24, 2.45) is 0 Å². The molecule has 1 saturated heterocycles. The van der Waals surface area contributed by atoms with Gasteiger partial charge < -0.3 is 14.1 Å². The fourth-order valence-electron chi connectivity index (χ4n) is 2.41. The number of carbonyl (C=O) groups is 2. The molecule has 0 aliphatic carbocycles. The molecule has 2 rings (SSSR count). The Morgan fingerprint density at radius 2 is 2.05 bits per heavy atom. The van der Waals surface area contributed by atoms with E-state index in [2.05, 4.69) is 10.1 Å². The molecular formula is C15H22N2O4. The lowest BCUT2D eigenvalue weighted by Gasteiger charge is -2.29. The van der Waals surface area contributed by atoms with Gasteiger partial charge in [0.2, 0.25) is 11.7 Å². The summed E-state index contributed by atoms with van der Waals surface area (Å²) in [6.45, 7) is 3.94. The molecular weight excluding hydrogens is 272 g/mol. The first-order valence-corrected chi connectivity index (χ1v) is 7.31. The van der Waals surface area contributed by atoms with Gasteiger partial charge in [-0.1, -0.05) is 0 Å². The van der Waals surface area contributed by atoms with Crippen LogP contribution in [-0.2, 0) is 16.1 Å². The number of rotatable bonds is 5. The first-order chi connectivity index (χ1) is 10.1. The summed E-state index contributed by atoms with van der Waals surface area (Å²) in [4.78, 5) is 25.4. The molecule has 0 radical (unpaired) electrons. The third-order valence-electron chi connectivity index (χ3n) is 3.67. The molecule has 0 spiro atoms. The maximum Gasteiger partial charge on any atom is 0.373 e. The Hall–Kier alpha value is -1.82. The van der Waals surface area contributed by atoms with E-state index in [1.165, 1.54) is 13.5 Å². The predicted molar refractivity (Wildman–Crippen MR) is 76.8 cm³/mol. The van der Waals surface area contributed by atoms with E-state index in [0.29, 0.717) is 12.3 Å². The average Bonchev–Trinajstić information content (AvgIpc) is 3.01.